The largest absolute Gasteiger partial charge is 0.416 e. The van der Waals surface area contributed by atoms with Crippen LogP contribution in [0.4, 0.5) is 29.3 Å². The number of amides is 2. The van der Waals surface area contributed by atoms with Crippen LogP contribution in [0, 0.1) is 6.92 Å². The van der Waals surface area contributed by atoms with Gasteiger partial charge in [0.2, 0.25) is 0 Å². The van der Waals surface area contributed by atoms with Gasteiger partial charge in [-0.25, -0.2) is 4.79 Å². The summed E-state index contributed by atoms with van der Waals surface area (Å²) in [6.45, 7) is 4.43. The van der Waals surface area contributed by atoms with Gasteiger partial charge < -0.3 is 15.1 Å². The summed E-state index contributed by atoms with van der Waals surface area (Å²) in [7, 11) is 0. The first-order valence-corrected chi connectivity index (χ1v) is 8.38. The monoisotopic (exact) mass is 363 g/mol. The summed E-state index contributed by atoms with van der Waals surface area (Å²) in [5, 5.41) is 2.56. The maximum atomic E-state index is 12.8. The van der Waals surface area contributed by atoms with Crippen LogP contribution in [0.25, 0.3) is 0 Å². The molecule has 26 heavy (non-hydrogen) atoms. The Kier molecular flexibility index (Phi) is 5.06. The van der Waals surface area contributed by atoms with Crippen molar-refractivity contribution in [3.8, 4) is 0 Å². The van der Waals surface area contributed by atoms with Crippen molar-refractivity contribution in [3.63, 3.8) is 0 Å². The van der Waals surface area contributed by atoms with Gasteiger partial charge in [-0.2, -0.15) is 13.2 Å². The van der Waals surface area contributed by atoms with E-state index in [2.05, 4.69) is 10.2 Å². The summed E-state index contributed by atoms with van der Waals surface area (Å²) < 4.78 is 38.3. The molecule has 2 aromatic rings. The molecule has 1 heterocycles. The minimum Gasteiger partial charge on any atom is -0.368 e. The number of carbonyl (C=O) groups is 1. The summed E-state index contributed by atoms with van der Waals surface area (Å²) in [4.78, 5) is 16.2. The number of anilines is 2. The van der Waals surface area contributed by atoms with Crippen molar-refractivity contribution in [1.29, 1.82) is 0 Å². The molecule has 0 aliphatic carbocycles. The number of aryl methyl sites for hydroxylation is 1. The van der Waals surface area contributed by atoms with Crippen molar-refractivity contribution in [2.45, 2.75) is 13.1 Å². The van der Waals surface area contributed by atoms with Crippen LogP contribution in [0.2, 0.25) is 0 Å². The smallest absolute Gasteiger partial charge is 0.368 e. The number of halogens is 3. The predicted molar refractivity (Wildman–Crippen MR) is 95.4 cm³/mol. The molecule has 0 bridgehead atoms. The molecule has 1 N–H and O–H groups in total. The Balaban J connectivity index is 1.60. The molecule has 2 aromatic carbocycles. The lowest BCUT2D eigenvalue weighted by molar-refractivity contribution is -0.137. The van der Waals surface area contributed by atoms with E-state index < -0.39 is 11.7 Å². The zero-order chi connectivity index (χ0) is 18.7. The first kappa shape index (κ1) is 18.1. The molecule has 0 saturated carbocycles. The van der Waals surface area contributed by atoms with Gasteiger partial charge in [0.15, 0.2) is 0 Å². The Morgan fingerprint density at radius 1 is 1.00 bits per heavy atom. The number of urea groups is 1. The van der Waals surface area contributed by atoms with Gasteiger partial charge in [-0.1, -0.05) is 24.3 Å². The summed E-state index contributed by atoms with van der Waals surface area (Å²) >= 11 is 0. The average molecular weight is 363 g/mol. The van der Waals surface area contributed by atoms with Gasteiger partial charge in [0, 0.05) is 37.6 Å². The first-order valence-electron chi connectivity index (χ1n) is 8.38. The Morgan fingerprint density at radius 3 is 2.35 bits per heavy atom. The average Bonchev–Trinajstić information content (AvgIpc) is 2.62. The third-order valence-corrected chi connectivity index (χ3v) is 4.46. The molecular weight excluding hydrogens is 343 g/mol. The minimum absolute atomic E-state index is 0.145. The number of nitrogens with zero attached hydrogens (tertiary/aromatic N) is 2. The van der Waals surface area contributed by atoms with E-state index in [0.29, 0.717) is 26.2 Å². The molecule has 1 fully saturated rings. The van der Waals surface area contributed by atoms with Crippen molar-refractivity contribution < 1.29 is 18.0 Å². The van der Waals surface area contributed by atoms with Gasteiger partial charge in [-0.15, -0.1) is 0 Å². The second-order valence-corrected chi connectivity index (χ2v) is 6.27. The highest BCUT2D eigenvalue weighted by atomic mass is 19.4. The van der Waals surface area contributed by atoms with Crippen molar-refractivity contribution in [1.82, 2.24) is 4.90 Å². The third-order valence-electron chi connectivity index (χ3n) is 4.46. The van der Waals surface area contributed by atoms with E-state index >= 15 is 0 Å². The lowest BCUT2D eigenvalue weighted by Crippen LogP contribution is -2.50. The van der Waals surface area contributed by atoms with Crippen LogP contribution < -0.4 is 10.2 Å². The number of nitrogens with one attached hydrogen (secondary N) is 1. The maximum Gasteiger partial charge on any atom is 0.416 e. The lowest BCUT2D eigenvalue weighted by Gasteiger charge is -2.36. The molecule has 138 valence electrons. The van der Waals surface area contributed by atoms with Crippen molar-refractivity contribution in [2.24, 2.45) is 0 Å². The Hall–Kier alpha value is -2.70. The molecule has 0 radical (unpaired) electrons. The van der Waals surface area contributed by atoms with E-state index in [1.54, 1.807) is 4.90 Å². The van der Waals surface area contributed by atoms with Crippen LogP contribution in [-0.4, -0.2) is 37.1 Å². The minimum atomic E-state index is -4.43. The second kappa shape index (κ2) is 7.27. The number of rotatable bonds is 2. The van der Waals surface area contributed by atoms with Gasteiger partial charge in [-0.3, -0.25) is 0 Å². The van der Waals surface area contributed by atoms with Gasteiger partial charge >= 0.3 is 12.2 Å². The molecule has 7 heteroatoms. The summed E-state index contributed by atoms with van der Waals surface area (Å²) in [6, 6.07) is 12.3. The molecule has 2 amide bonds. The number of alkyl halides is 3. The van der Waals surface area contributed by atoms with E-state index in [1.807, 2.05) is 31.2 Å². The zero-order valence-corrected chi connectivity index (χ0v) is 14.4. The fourth-order valence-corrected chi connectivity index (χ4v) is 3.04. The van der Waals surface area contributed by atoms with Crippen molar-refractivity contribution >= 4 is 17.4 Å². The number of hydrogen-bond acceptors (Lipinski definition) is 2. The topological polar surface area (TPSA) is 35.6 Å². The molecule has 0 unspecified atom stereocenters. The van der Waals surface area contributed by atoms with E-state index in [0.717, 1.165) is 17.8 Å². The highest BCUT2D eigenvalue weighted by Crippen LogP contribution is 2.30. The van der Waals surface area contributed by atoms with Crippen LogP contribution in [0.3, 0.4) is 0 Å². The van der Waals surface area contributed by atoms with Gasteiger partial charge in [0.05, 0.1) is 5.56 Å². The number of benzene rings is 2. The van der Waals surface area contributed by atoms with Crippen molar-refractivity contribution in [3.05, 3.63) is 59.7 Å². The number of hydrogen-bond donors (Lipinski definition) is 1. The molecule has 3 rings (SSSR count). The quantitative estimate of drug-likeness (QED) is 0.860. The molecular formula is C19H20F3N3O. The fraction of sp³-hybridized carbons (Fsp3) is 0.316. The molecule has 1 aliphatic heterocycles. The third kappa shape index (κ3) is 4.09. The van der Waals surface area contributed by atoms with Crippen LogP contribution in [0.5, 0.6) is 0 Å². The highest BCUT2D eigenvalue weighted by Gasteiger charge is 2.30. The molecule has 4 nitrogen and oxygen atoms in total. The Labute approximate surface area is 150 Å². The molecule has 1 saturated heterocycles. The lowest BCUT2D eigenvalue weighted by atomic mass is 10.1. The number of para-hydroxylation sites is 1. The fourth-order valence-electron chi connectivity index (χ4n) is 3.04. The van der Waals surface area contributed by atoms with E-state index in [4.69, 9.17) is 0 Å². The van der Waals surface area contributed by atoms with Gasteiger partial charge in [0.1, 0.15) is 0 Å². The van der Waals surface area contributed by atoms with Crippen LogP contribution in [0.1, 0.15) is 11.1 Å². The standard InChI is InChI=1S/C19H20F3N3O/c1-14-5-2-3-8-17(14)24-9-11-25(12-10-24)18(26)23-16-7-4-6-15(13-16)19(20,21)22/h2-8,13H,9-12H2,1H3,(H,23,26). The van der Waals surface area contributed by atoms with Gasteiger partial charge in [-0.05, 0) is 36.8 Å². The normalized spacial score (nSPS) is 15.1. The Bertz CT molecular complexity index is 784. The number of piperazine rings is 1. The zero-order valence-electron chi connectivity index (χ0n) is 14.4. The molecule has 0 spiro atoms. The van der Waals surface area contributed by atoms with Crippen LogP contribution >= 0.6 is 0 Å². The first-order chi connectivity index (χ1) is 12.3. The van der Waals surface area contributed by atoms with Crippen LogP contribution in [-0.2, 0) is 6.18 Å². The molecule has 0 atom stereocenters. The predicted octanol–water partition coefficient (Wildman–Crippen LogP) is 4.37. The number of carbonyl (C=O) groups excluding carboxylic acids is 1. The van der Waals surface area contributed by atoms with E-state index in [1.165, 1.54) is 17.7 Å². The summed E-state index contributed by atoms with van der Waals surface area (Å²) in [5.74, 6) is 0. The summed E-state index contributed by atoms with van der Waals surface area (Å²) in [5.41, 5.74) is 1.69. The van der Waals surface area contributed by atoms with Crippen LogP contribution in [0.15, 0.2) is 48.5 Å². The maximum absolute atomic E-state index is 12.8. The van der Waals surface area contributed by atoms with Crippen molar-refractivity contribution in [2.75, 3.05) is 36.4 Å². The van der Waals surface area contributed by atoms with E-state index in [9.17, 15) is 18.0 Å². The molecule has 1 aliphatic rings. The second-order valence-electron chi connectivity index (χ2n) is 6.27. The van der Waals surface area contributed by atoms with Gasteiger partial charge in [0.25, 0.3) is 0 Å². The Morgan fingerprint density at radius 2 is 1.69 bits per heavy atom. The summed E-state index contributed by atoms with van der Waals surface area (Å²) in [6.07, 6.45) is -4.43. The highest BCUT2D eigenvalue weighted by molar-refractivity contribution is 5.89. The SMILES string of the molecule is Cc1ccccc1N1CCN(C(=O)Nc2cccc(C(F)(F)F)c2)CC1. The molecule has 0 aromatic heterocycles. The van der Waals surface area contributed by atoms with E-state index in [-0.39, 0.29) is 11.7 Å².